The van der Waals surface area contributed by atoms with Gasteiger partial charge in [0.15, 0.2) is 0 Å². The molecule has 0 aliphatic carbocycles. The van der Waals surface area contributed by atoms with Crippen molar-refractivity contribution in [3.05, 3.63) is 0 Å². The molecule has 0 heterocycles. The molecule has 25 valence electrons. The quantitative estimate of drug-likeness (QED) is 0.563. The van der Waals surface area contributed by atoms with E-state index in [-0.39, 0.29) is 27.3 Å². The molecule has 4 heteroatoms. The van der Waals surface area contributed by atoms with E-state index in [0.29, 0.717) is 12.9 Å². The molecule has 0 nitrogen and oxygen atoms in total. The number of hydrogen-bond donors (Lipinski definition) is 0. The summed E-state index contributed by atoms with van der Waals surface area (Å²) in [5.41, 5.74) is 0. The Hall–Kier alpha value is 2.01. The van der Waals surface area contributed by atoms with Crippen molar-refractivity contribution in [2.45, 2.75) is 0 Å². The Balaban J connectivity index is 0. The maximum absolute atomic E-state index is 4.73. The molecule has 0 aromatic rings. The predicted molar refractivity (Wildman–Crippen MR) is 11.7 cm³/mol. The van der Waals surface area contributed by atoms with E-state index >= 15 is 0 Å². The normalized spacial score (nSPS) is 5.50. The average molecular weight is 242 g/mol. The van der Waals surface area contributed by atoms with Crippen LogP contribution >= 0.6 is 20.3 Å². The Bertz CT molecular complexity index is 6.00. The van der Waals surface area contributed by atoms with Crippen LogP contribution in [0.2, 0.25) is 0 Å². The van der Waals surface area contributed by atoms with Crippen molar-refractivity contribution in [3.8, 4) is 0 Å². The van der Waals surface area contributed by atoms with E-state index < -0.39 is 0 Å². The van der Waals surface area contributed by atoms with Crippen LogP contribution in [0, 0.1) is 0 Å². The molecule has 0 N–H and O–H groups in total. The third kappa shape index (κ3) is 8.99. The zero-order valence-corrected chi connectivity index (χ0v) is 8.39. The number of hydrogen-bond acceptors (Lipinski definition) is 0. The van der Waals surface area contributed by atoms with Crippen LogP contribution in [0.25, 0.3) is 0 Å². The third-order valence-corrected chi connectivity index (χ3v) is 0. The van der Waals surface area contributed by atoms with Gasteiger partial charge >= 0.3 is 33.2 Å². The van der Waals surface area contributed by atoms with Gasteiger partial charge in [-0.2, -0.15) is 0 Å². The second kappa shape index (κ2) is 8.89. The van der Waals surface area contributed by atoms with Gasteiger partial charge in [0.2, 0.25) is 0 Å². The minimum absolute atomic E-state index is 0. The van der Waals surface area contributed by atoms with Crippen LogP contribution in [0.5, 0.6) is 0 Å². The van der Waals surface area contributed by atoms with Gasteiger partial charge in [-0.3, -0.25) is 0 Å². The summed E-state index contributed by atoms with van der Waals surface area (Å²) in [7, 11) is 9.47. The molecule has 0 aromatic heterocycles. The maximum atomic E-state index is 4.73. The zero-order chi connectivity index (χ0) is 2.71. The van der Waals surface area contributed by atoms with Crippen LogP contribution in [0.3, 0.4) is 0 Å². The summed E-state index contributed by atoms with van der Waals surface area (Å²) < 4.78 is 0. The summed E-state index contributed by atoms with van der Waals surface area (Å²) in [6, 6.07) is 0. The van der Waals surface area contributed by atoms with Gasteiger partial charge in [0, 0.05) is 27.3 Å². The van der Waals surface area contributed by atoms with Crippen LogP contribution in [0.15, 0.2) is 0 Å². The first-order chi connectivity index (χ1) is 1.41. The van der Waals surface area contributed by atoms with Crippen molar-refractivity contribution < 1.29 is 40.2 Å². The Morgan fingerprint density at radius 2 is 1.25 bits per heavy atom. The van der Waals surface area contributed by atoms with E-state index in [2.05, 4.69) is 0 Å². The molecule has 0 saturated heterocycles. The summed E-state index contributed by atoms with van der Waals surface area (Å²) in [4.78, 5) is 0. The minimum atomic E-state index is 0. The van der Waals surface area contributed by atoms with Crippen LogP contribution in [-0.2, 0) is 40.2 Å². The third-order valence-electron chi connectivity index (χ3n) is 0. The molecule has 0 fully saturated rings. The van der Waals surface area contributed by atoms with Gasteiger partial charge in [-0.25, -0.2) is 0 Å². The molecule has 4 heavy (non-hydrogen) atoms. The summed E-state index contributed by atoms with van der Waals surface area (Å²) in [5.74, 6) is 0. The van der Waals surface area contributed by atoms with Crippen molar-refractivity contribution in [2.75, 3.05) is 0 Å². The fourth-order valence-corrected chi connectivity index (χ4v) is 0. The molecule has 0 atom stereocenters. The summed E-state index contributed by atoms with van der Waals surface area (Å²) >= 11 is 0.382. The Morgan fingerprint density at radius 1 is 1.25 bits per heavy atom. The van der Waals surface area contributed by atoms with Crippen LogP contribution in [0.4, 0.5) is 0 Å². The zero-order valence-electron chi connectivity index (χ0n) is 1.80. The second-order valence-corrected chi connectivity index (χ2v) is 1.77. The molecule has 0 unspecified atom stereocenters. The number of halogens is 2. The van der Waals surface area contributed by atoms with Gasteiger partial charge < -0.3 is 0 Å². The first kappa shape index (κ1) is 9.38. The summed E-state index contributed by atoms with van der Waals surface area (Å²) in [5, 5.41) is 0. The molecule has 0 aliphatic heterocycles. The SMILES string of the molecule is [Cd].[Cl][Co][Cl]. The van der Waals surface area contributed by atoms with Gasteiger partial charge in [0.05, 0.1) is 0 Å². The molecule has 0 amide bonds. The van der Waals surface area contributed by atoms with E-state index in [4.69, 9.17) is 20.3 Å². The molecule has 0 rings (SSSR count). The van der Waals surface area contributed by atoms with Crippen LogP contribution < -0.4 is 0 Å². The van der Waals surface area contributed by atoms with Crippen molar-refractivity contribution in [3.63, 3.8) is 0 Å². The van der Waals surface area contributed by atoms with E-state index in [1.54, 1.807) is 0 Å². The number of rotatable bonds is 0. The topological polar surface area (TPSA) is 0 Å². The van der Waals surface area contributed by atoms with Gasteiger partial charge in [0.25, 0.3) is 0 Å². The van der Waals surface area contributed by atoms with Crippen LogP contribution in [-0.4, -0.2) is 0 Å². The average Bonchev–Trinajstić information content (AvgIpc) is 0.918. The molecular weight excluding hydrogens is 242 g/mol. The molecule has 0 saturated carbocycles. The van der Waals surface area contributed by atoms with E-state index in [1.807, 2.05) is 0 Å². The Morgan fingerprint density at radius 3 is 1.25 bits per heavy atom. The molecule has 0 aromatic carbocycles. The van der Waals surface area contributed by atoms with E-state index in [9.17, 15) is 0 Å². The Kier molecular flexibility index (Phi) is 20.9. The molecule has 0 bridgehead atoms. The van der Waals surface area contributed by atoms with Gasteiger partial charge in [-0.15, -0.1) is 0 Å². The first-order valence-corrected chi connectivity index (χ1v) is 3.12. The monoisotopic (exact) mass is 243 g/mol. The first-order valence-electron chi connectivity index (χ1n) is 0.252. The predicted octanol–water partition coefficient (Wildman–Crippen LogP) is 1.37. The van der Waals surface area contributed by atoms with Gasteiger partial charge in [0.1, 0.15) is 0 Å². The molecular formula is CdCl2Co. The van der Waals surface area contributed by atoms with Crippen molar-refractivity contribution in [2.24, 2.45) is 0 Å². The van der Waals surface area contributed by atoms with Gasteiger partial charge in [-0.05, 0) is 0 Å². The van der Waals surface area contributed by atoms with Gasteiger partial charge in [-0.1, -0.05) is 0 Å². The second-order valence-electron chi connectivity index (χ2n) is 0.0476. The van der Waals surface area contributed by atoms with E-state index in [0.717, 1.165) is 0 Å². The standard InChI is InChI=1S/Cd.2ClH.Co/h;2*1H;/q;;;+2/p-2. The summed E-state index contributed by atoms with van der Waals surface area (Å²) in [6.45, 7) is 0. The fourth-order valence-electron chi connectivity index (χ4n) is 0. The summed E-state index contributed by atoms with van der Waals surface area (Å²) in [6.07, 6.45) is 0. The van der Waals surface area contributed by atoms with E-state index in [1.165, 1.54) is 0 Å². The fraction of sp³-hybridized carbons (Fsp3) is 0. The molecule has 0 aliphatic rings. The van der Waals surface area contributed by atoms with Crippen molar-refractivity contribution in [1.29, 1.82) is 0 Å². The molecule has 0 radical (unpaired) electrons. The molecule has 0 spiro atoms. The van der Waals surface area contributed by atoms with Crippen molar-refractivity contribution >= 4 is 20.3 Å². The van der Waals surface area contributed by atoms with Crippen molar-refractivity contribution in [1.82, 2.24) is 0 Å². The Labute approximate surface area is 59.9 Å². The van der Waals surface area contributed by atoms with Crippen LogP contribution in [0.1, 0.15) is 0 Å².